The minimum Gasteiger partial charge on any atom is -0.477 e. The standard InChI is InChI=1S/C19H13F3N4O2S3/c1-2-10-6-3-4-7-11(10)26-15(12-8-5-9-29-12)24-25-17(26)31-18-23-14(19(20,21)22)13(30-18)16(27)28/h3-9H,2H2,1H3,(H,27,28). The molecular formula is C19H13F3N4O2S3. The molecule has 160 valence electrons. The number of hydrogen-bond donors (Lipinski definition) is 1. The van der Waals surface area contributed by atoms with Gasteiger partial charge in [-0.1, -0.05) is 42.5 Å². The van der Waals surface area contributed by atoms with Gasteiger partial charge in [-0.2, -0.15) is 13.2 Å². The van der Waals surface area contributed by atoms with Crippen molar-refractivity contribution in [3.8, 4) is 16.4 Å². The zero-order valence-electron chi connectivity index (χ0n) is 15.8. The lowest BCUT2D eigenvalue weighted by atomic mass is 10.1. The number of aryl methyl sites for hydroxylation is 1. The number of aromatic nitrogens is 4. The summed E-state index contributed by atoms with van der Waals surface area (Å²) in [7, 11) is 0. The van der Waals surface area contributed by atoms with Gasteiger partial charge >= 0.3 is 12.1 Å². The van der Waals surface area contributed by atoms with E-state index in [1.807, 2.05) is 48.7 Å². The van der Waals surface area contributed by atoms with E-state index < -0.39 is 22.7 Å². The third kappa shape index (κ3) is 4.23. The maximum atomic E-state index is 13.2. The number of rotatable bonds is 6. The molecule has 0 saturated heterocycles. The van der Waals surface area contributed by atoms with Crippen LogP contribution in [0, 0.1) is 0 Å². The quantitative estimate of drug-likeness (QED) is 0.370. The van der Waals surface area contributed by atoms with Crippen molar-refractivity contribution in [1.82, 2.24) is 19.7 Å². The van der Waals surface area contributed by atoms with Crippen molar-refractivity contribution in [2.75, 3.05) is 0 Å². The van der Waals surface area contributed by atoms with Gasteiger partial charge in [0.15, 0.2) is 15.9 Å². The Labute approximate surface area is 186 Å². The van der Waals surface area contributed by atoms with Gasteiger partial charge in [0.05, 0.1) is 10.6 Å². The number of carbonyl (C=O) groups is 1. The van der Waals surface area contributed by atoms with E-state index in [0.29, 0.717) is 22.3 Å². The Balaban J connectivity index is 1.85. The summed E-state index contributed by atoms with van der Waals surface area (Å²) in [5.74, 6) is -1.13. The van der Waals surface area contributed by atoms with Crippen LogP contribution in [0.15, 0.2) is 51.3 Å². The van der Waals surface area contributed by atoms with Crippen LogP contribution in [0.25, 0.3) is 16.4 Å². The van der Waals surface area contributed by atoms with Gasteiger partial charge in [-0.3, -0.25) is 4.57 Å². The van der Waals surface area contributed by atoms with Crippen LogP contribution >= 0.6 is 34.4 Å². The van der Waals surface area contributed by atoms with Gasteiger partial charge in [-0.05, 0) is 41.3 Å². The molecule has 4 rings (SSSR count). The van der Waals surface area contributed by atoms with Gasteiger partial charge in [-0.25, -0.2) is 9.78 Å². The SMILES string of the molecule is CCc1ccccc1-n1c(Sc2nc(C(F)(F)F)c(C(=O)O)s2)nnc1-c1cccs1. The van der Waals surface area contributed by atoms with Gasteiger partial charge in [0.25, 0.3) is 0 Å². The van der Waals surface area contributed by atoms with Crippen LogP contribution in [0.5, 0.6) is 0 Å². The largest absolute Gasteiger partial charge is 0.477 e. The Kier molecular flexibility index (Phi) is 5.86. The zero-order valence-corrected chi connectivity index (χ0v) is 18.2. The molecule has 6 nitrogen and oxygen atoms in total. The predicted molar refractivity (Wildman–Crippen MR) is 112 cm³/mol. The van der Waals surface area contributed by atoms with Crippen molar-refractivity contribution in [2.45, 2.75) is 29.0 Å². The lowest BCUT2D eigenvalue weighted by molar-refractivity contribution is -0.141. The van der Waals surface area contributed by atoms with E-state index in [1.165, 1.54) is 11.3 Å². The molecule has 0 aliphatic rings. The van der Waals surface area contributed by atoms with Gasteiger partial charge in [-0.15, -0.1) is 21.5 Å². The number of thiazole rings is 1. The predicted octanol–water partition coefficient (Wildman–Crippen LogP) is 5.88. The molecule has 12 heteroatoms. The molecule has 4 aromatic rings. The number of para-hydroxylation sites is 1. The van der Waals surface area contributed by atoms with Crippen molar-refractivity contribution in [3.05, 3.63) is 57.9 Å². The van der Waals surface area contributed by atoms with Crippen molar-refractivity contribution in [2.24, 2.45) is 0 Å². The zero-order chi connectivity index (χ0) is 22.2. The normalized spacial score (nSPS) is 11.7. The molecule has 0 bridgehead atoms. The second kappa shape index (κ2) is 8.44. The molecule has 0 spiro atoms. The van der Waals surface area contributed by atoms with Crippen molar-refractivity contribution >= 4 is 40.4 Å². The van der Waals surface area contributed by atoms with Crippen LogP contribution in [0.4, 0.5) is 13.2 Å². The molecule has 31 heavy (non-hydrogen) atoms. The Morgan fingerprint density at radius 1 is 1.19 bits per heavy atom. The molecule has 0 aliphatic heterocycles. The van der Waals surface area contributed by atoms with E-state index in [0.717, 1.165) is 34.3 Å². The summed E-state index contributed by atoms with van der Waals surface area (Å²) >= 11 is 2.78. The monoisotopic (exact) mass is 482 g/mol. The first-order valence-electron chi connectivity index (χ1n) is 8.86. The lowest BCUT2D eigenvalue weighted by Crippen LogP contribution is -2.11. The van der Waals surface area contributed by atoms with Crippen molar-refractivity contribution in [3.63, 3.8) is 0 Å². The number of carboxylic acid groups (broad SMARTS) is 1. The van der Waals surface area contributed by atoms with Gasteiger partial charge in [0.2, 0.25) is 5.16 Å². The number of carboxylic acids is 1. The van der Waals surface area contributed by atoms with Crippen LogP contribution in [0.3, 0.4) is 0 Å². The summed E-state index contributed by atoms with van der Waals surface area (Å²) < 4.78 is 41.4. The van der Waals surface area contributed by atoms with Crippen LogP contribution < -0.4 is 0 Å². The topological polar surface area (TPSA) is 80.9 Å². The maximum absolute atomic E-state index is 13.2. The Hall–Kier alpha value is -2.70. The van der Waals surface area contributed by atoms with Crippen molar-refractivity contribution in [1.29, 1.82) is 0 Å². The molecule has 1 aromatic carbocycles. The van der Waals surface area contributed by atoms with Gasteiger partial charge < -0.3 is 5.11 Å². The second-order valence-electron chi connectivity index (χ2n) is 6.16. The van der Waals surface area contributed by atoms with Gasteiger partial charge in [0.1, 0.15) is 4.88 Å². The highest BCUT2D eigenvalue weighted by Gasteiger charge is 2.40. The second-order valence-corrected chi connectivity index (χ2v) is 9.32. The first-order chi connectivity index (χ1) is 14.8. The van der Waals surface area contributed by atoms with E-state index in [1.54, 1.807) is 4.57 Å². The summed E-state index contributed by atoms with van der Waals surface area (Å²) in [6.45, 7) is 2.00. The summed E-state index contributed by atoms with van der Waals surface area (Å²) in [4.78, 5) is 14.8. The first kappa shape index (κ1) is 21.5. The third-order valence-corrected chi connectivity index (χ3v) is 7.15. The van der Waals surface area contributed by atoms with E-state index in [2.05, 4.69) is 15.2 Å². The fourth-order valence-corrected chi connectivity index (χ4v) is 5.55. The number of hydrogen-bond acceptors (Lipinski definition) is 7. The first-order valence-corrected chi connectivity index (χ1v) is 11.4. The number of alkyl halides is 3. The molecular weight excluding hydrogens is 469 g/mol. The Bertz CT molecular complexity index is 1230. The number of benzene rings is 1. The van der Waals surface area contributed by atoms with Crippen LogP contribution in [-0.2, 0) is 12.6 Å². The van der Waals surface area contributed by atoms with Crippen molar-refractivity contribution < 1.29 is 23.1 Å². The molecule has 3 heterocycles. The number of nitrogens with zero attached hydrogens (tertiary/aromatic N) is 4. The Morgan fingerprint density at radius 3 is 2.58 bits per heavy atom. The van der Waals surface area contributed by atoms with E-state index in [9.17, 15) is 18.0 Å². The molecule has 1 N–H and O–H groups in total. The van der Waals surface area contributed by atoms with Gasteiger partial charge in [0, 0.05) is 0 Å². The molecule has 0 unspecified atom stereocenters. The molecule has 0 radical (unpaired) electrons. The molecule has 0 atom stereocenters. The fraction of sp³-hybridized carbons (Fsp3) is 0.158. The van der Waals surface area contributed by atoms with Crippen LogP contribution in [-0.4, -0.2) is 30.8 Å². The summed E-state index contributed by atoms with van der Waals surface area (Å²) in [5, 5.41) is 19.8. The average Bonchev–Trinajstić information content (AvgIpc) is 3.47. The molecule has 0 fully saturated rings. The average molecular weight is 483 g/mol. The Morgan fingerprint density at radius 2 is 1.97 bits per heavy atom. The minimum absolute atomic E-state index is 0.0786. The highest BCUT2D eigenvalue weighted by molar-refractivity contribution is 8.00. The summed E-state index contributed by atoms with van der Waals surface area (Å²) in [5.41, 5.74) is 0.390. The number of aromatic carboxylic acids is 1. The van der Waals surface area contributed by atoms with E-state index in [-0.39, 0.29) is 4.34 Å². The van der Waals surface area contributed by atoms with Crippen LogP contribution in [0.2, 0.25) is 0 Å². The molecule has 0 aliphatic carbocycles. The molecule has 0 amide bonds. The highest BCUT2D eigenvalue weighted by Crippen LogP contribution is 2.41. The summed E-state index contributed by atoms with van der Waals surface area (Å²) in [6.07, 6.45) is -4.14. The number of thiophene rings is 1. The van der Waals surface area contributed by atoms with E-state index in [4.69, 9.17) is 5.11 Å². The van der Waals surface area contributed by atoms with E-state index >= 15 is 0 Å². The number of halogens is 3. The smallest absolute Gasteiger partial charge is 0.435 e. The highest BCUT2D eigenvalue weighted by atomic mass is 32.2. The van der Waals surface area contributed by atoms with Crippen LogP contribution in [0.1, 0.15) is 27.9 Å². The minimum atomic E-state index is -4.87. The molecule has 3 aromatic heterocycles. The summed E-state index contributed by atoms with van der Waals surface area (Å²) in [6, 6.07) is 11.3. The third-order valence-electron chi connectivity index (χ3n) is 4.24. The fourth-order valence-electron chi connectivity index (χ4n) is 2.91. The lowest BCUT2D eigenvalue weighted by Gasteiger charge is -2.12. The maximum Gasteiger partial charge on any atom is 0.435 e. The molecule has 0 saturated carbocycles.